The topological polar surface area (TPSA) is 104 Å². The fourth-order valence-electron chi connectivity index (χ4n) is 3.57. The van der Waals surface area contributed by atoms with Crippen molar-refractivity contribution < 1.29 is 28.7 Å². The normalized spacial score (nSPS) is 18.7. The van der Waals surface area contributed by atoms with Gasteiger partial charge in [0.1, 0.15) is 5.75 Å². The Morgan fingerprint density at radius 1 is 1.22 bits per heavy atom. The fourth-order valence-corrected chi connectivity index (χ4v) is 6.82. The van der Waals surface area contributed by atoms with Crippen molar-refractivity contribution in [2.24, 2.45) is 0 Å². The van der Waals surface area contributed by atoms with E-state index in [9.17, 15) is 23.9 Å². The molecule has 1 aliphatic heterocycles. The Bertz CT molecular complexity index is 985. The monoisotopic (exact) mass is 483 g/mol. The van der Waals surface area contributed by atoms with Crippen molar-refractivity contribution in [2.45, 2.75) is 47.0 Å². The molecular formula is C23H34NO6PS. The number of hydrogen-bond acceptors (Lipinski definition) is 4. The molecule has 1 aliphatic rings. The molecule has 0 aromatic heterocycles. The van der Waals surface area contributed by atoms with Gasteiger partial charge in [-0.3, -0.25) is 14.2 Å². The molecule has 2 rings (SSSR count). The second-order valence-electron chi connectivity index (χ2n) is 8.80. The Hall–Kier alpha value is -1.86. The first-order valence-electron chi connectivity index (χ1n) is 10.6. The molecule has 0 saturated carbocycles. The average Bonchev–Trinajstić information content (AvgIpc) is 2.68. The summed E-state index contributed by atoms with van der Waals surface area (Å²) in [5.74, 6) is 1.47. The van der Waals surface area contributed by atoms with Crippen molar-refractivity contribution in [3.8, 4) is 5.75 Å². The van der Waals surface area contributed by atoms with Crippen molar-refractivity contribution >= 4 is 35.6 Å². The third-order valence-electron chi connectivity index (χ3n) is 5.44. The molecule has 2 N–H and O–H groups in total. The van der Waals surface area contributed by atoms with Crippen molar-refractivity contribution in [1.82, 2.24) is 4.90 Å². The summed E-state index contributed by atoms with van der Waals surface area (Å²) in [6.45, 7) is 11.5. The minimum absolute atomic E-state index is 0.0431. The van der Waals surface area contributed by atoms with E-state index >= 15 is 0 Å². The predicted octanol–water partition coefficient (Wildman–Crippen LogP) is 4.59. The highest BCUT2D eigenvalue weighted by Crippen LogP contribution is 2.59. The van der Waals surface area contributed by atoms with Gasteiger partial charge in [-0.05, 0) is 46.1 Å². The lowest BCUT2D eigenvalue weighted by Crippen LogP contribution is -2.35. The molecule has 32 heavy (non-hydrogen) atoms. The molecule has 0 spiro atoms. The van der Waals surface area contributed by atoms with Gasteiger partial charge in [-0.2, -0.15) is 10.0 Å². The van der Waals surface area contributed by atoms with Crippen LogP contribution in [-0.2, 0) is 19.6 Å². The summed E-state index contributed by atoms with van der Waals surface area (Å²) < 4.78 is 16.7. The van der Waals surface area contributed by atoms with Crippen LogP contribution in [-0.4, -0.2) is 50.8 Å². The highest BCUT2D eigenvalue weighted by atomic mass is 32.3. The molecule has 0 unspecified atom stereocenters. The first kappa shape index (κ1) is 26.4. The van der Waals surface area contributed by atoms with Gasteiger partial charge in [-0.15, -0.1) is 0 Å². The lowest BCUT2D eigenvalue weighted by molar-refractivity contribution is -0.132. The van der Waals surface area contributed by atoms with E-state index in [0.717, 1.165) is 22.6 Å². The summed E-state index contributed by atoms with van der Waals surface area (Å²) in [5, 5.41) is 2.04. The second kappa shape index (κ2) is 9.96. The zero-order valence-electron chi connectivity index (χ0n) is 19.6. The van der Waals surface area contributed by atoms with Gasteiger partial charge >= 0.3 is 13.6 Å². The maximum atomic E-state index is 13.4. The molecule has 1 aromatic carbocycles. The van der Waals surface area contributed by atoms with E-state index in [1.807, 2.05) is 44.4 Å². The van der Waals surface area contributed by atoms with Crippen LogP contribution in [0.5, 0.6) is 5.75 Å². The minimum atomic E-state index is -4.22. The predicted molar refractivity (Wildman–Crippen MR) is 131 cm³/mol. The van der Waals surface area contributed by atoms with Crippen LogP contribution in [0, 0.1) is 0 Å². The highest BCUT2D eigenvalue weighted by molar-refractivity contribution is 8.39. The van der Waals surface area contributed by atoms with E-state index in [-0.39, 0.29) is 24.0 Å². The zero-order chi connectivity index (χ0) is 24.3. The smallest absolute Gasteiger partial charge is 0.327 e. The van der Waals surface area contributed by atoms with Crippen LogP contribution in [0.1, 0.15) is 52.7 Å². The molecule has 1 aromatic rings. The van der Waals surface area contributed by atoms with Crippen LogP contribution in [0.25, 0.3) is 6.08 Å². The molecule has 1 heterocycles. The first-order valence-corrected chi connectivity index (χ1v) is 14.4. The van der Waals surface area contributed by atoms with Crippen molar-refractivity contribution in [1.29, 1.82) is 0 Å². The molecule has 0 fully saturated rings. The Kier molecular flexibility index (Phi) is 8.21. The minimum Gasteiger partial charge on any atom is -0.426 e. The molecular weight excluding hydrogens is 449 g/mol. The fraction of sp³-hybridized carbons (Fsp3) is 0.478. The lowest BCUT2D eigenvalue weighted by Gasteiger charge is -2.42. The number of carbonyl (C=O) groups is 2. The molecule has 178 valence electrons. The van der Waals surface area contributed by atoms with Crippen LogP contribution >= 0.6 is 17.6 Å². The zero-order valence-corrected chi connectivity index (χ0v) is 21.3. The lowest BCUT2D eigenvalue weighted by atomic mass is 9.85. The van der Waals surface area contributed by atoms with Gasteiger partial charge in [0.25, 0.3) is 5.91 Å². The van der Waals surface area contributed by atoms with E-state index in [0.29, 0.717) is 10.7 Å². The number of benzene rings is 1. The maximum absolute atomic E-state index is 13.4. The van der Waals surface area contributed by atoms with Gasteiger partial charge in [0, 0.05) is 25.2 Å². The summed E-state index contributed by atoms with van der Waals surface area (Å²) in [4.78, 5) is 45.4. The Morgan fingerprint density at radius 3 is 2.34 bits per heavy atom. The van der Waals surface area contributed by atoms with Gasteiger partial charge in [0.05, 0.1) is 11.1 Å². The van der Waals surface area contributed by atoms with Gasteiger partial charge in [-0.25, -0.2) is 0 Å². The summed E-state index contributed by atoms with van der Waals surface area (Å²) in [6, 6.07) is 5.51. The van der Waals surface area contributed by atoms with E-state index < -0.39 is 23.6 Å². The van der Waals surface area contributed by atoms with Crippen molar-refractivity contribution in [3.05, 3.63) is 45.8 Å². The molecule has 0 atom stereocenters. The van der Waals surface area contributed by atoms with E-state index in [4.69, 9.17) is 4.74 Å². The molecule has 9 heteroatoms. The molecule has 0 bridgehead atoms. The van der Waals surface area contributed by atoms with Crippen LogP contribution < -0.4 is 4.74 Å². The Balaban J connectivity index is 2.56. The third-order valence-corrected chi connectivity index (χ3v) is 10.1. The largest absolute Gasteiger partial charge is 0.426 e. The van der Waals surface area contributed by atoms with Gasteiger partial charge in [-0.1, -0.05) is 40.7 Å². The number of amides is 1. The maximum Gasteiger partial charge on any atom is 0.327 e. The Morgan fingerprint density at radius 2 is 1.84 bits per heavy atom. The van der Waals surface area contributed by atoms with Crippen LogP contribution in [0.3, 0.4) is 0 Å². The number of carbonyl (C=O) groups excluding carboxylic acids is 2. The Labute approximate surface area is 192 Å². The van der Waals surface area contributed by atoms with Crippen LogP contribution in [0.4, 0.5) is 0 Å². The number of nitrogens with zero attached hydrogens (tertiary/aromatic N) is 1. The number of ether oxygens (including phenoxy) is 1. The standard InChI is InChI=1S/C23H34NO6PS/c1-7-32(8-2)14-12-24(11-13-31(27,28)29)22(26)21(32)16-18-9-10-20(30-17(3)25)19(15-18)23(4,5)6/h9-10,12,14-16H,7-8,11,13H2,1-6H3,(H2,27,28,29)/b21-16+. The third kappa shape index (κ3) is 6.35. The molecule has 0 saturated heterocycles. The van der Waals surface area contributed by atoms with Crippen molar-refractivity contribution in [2.75, 3.05) is 24.2 Å². The van der Waals surface area contributed by atoms with Gasteiger partial charge < -0.3 is 19.4 Å². The summed E-state index contributed by atoms with van der Waals surface area (Å²) in [7, 11) is -5.73. The van der Waals surface area contributed by atoms with E-state index in [2.05, 4.69) is 13.8 Å². The first-order chi connectivity index (χ1) is 14.7. The summed E-state index contributed by atoms with van der Waals surface area (Å²) >= 11 is 0. The number of rotatable bonds is 7. The number of esters is 1. The van der Waals surface area contributed by atoms with E-state index in [1.54, 1.807) is 12.3 Å². The SMILES string of the molecule is CCS1(CC)C=CN(CCP(=O)(O)O)C(=O)/C1=C\c1ccc(OC(C)=O)c(C(C)(C)C)c1. The van der Waals surface area contributed by atoms with Crippen molar-refractivity contribution in [3.63, 3.8) is 0 Å². The highest BCUT2D eigenvalue weighted by Gasteiger charge is 2.35. The molecule has 0 radical (unpaired) electrons. The molecule has 1 amide bonds. The van der Waals surface area contributed by atoms with Gasteiger partial charge in [0.15, 0.2) is 0 Å². The summed E-state index contributed by atoms with van der Waals surface area (Å²) in [6.07, 6.45) is 3.18. The molecule has 0 aliphatic carbocycles. The van der Waals surface area contributed by atoms with Gasteiger partial charge in [0.2, 0.25) is 0 Å². The summed E-state index contributed by atoms with van der Waals surface area (Å²) in [5.41, 5.74) is 1.39. The quantitative estimate of drug-likeness (QED) is 0.255. The van der Waals surface area contributed by atoms with Crippen LogP contribution in [0.2, 0.25) is 0 Å². The average molecular weight is 484 g/mol. The molecule has 7 nitrogen and oxygen atoms in total. The second-order valence-corrected chi connectivity index (χ2v) is 14.3. The van der Waals surface area contributed by atoms with Crippen LogP contribution in [0.15, 0.2) is 34.7 Å². The van der Waals surface area contributed by atoms with E-state index in [1.165, 1.54) is 11.8 Å². The number of hydrogen-bond donors (Lipinski definition) is 2.